The predicted molar refractivity (Wildman–Crippen MR) is 113 cm³/mol. The van der Waals surface area contributed by atoms with Gasteiger partial charge in [-0.15, -0.1) is 0 Å². The molecule has 1 N–H and O–H groups in total. The molecule has 0 fully saturated rings. The summed E-state index contributed by atoms with van der Waals surface area (Å²) in [4.78, 5) is 31.9. The molecule has 0 spiro atoms. The number of aromatic carboxylic acids is 1. The van der Waals surface area contributed by atoms with Gasteiger partial charge in [-0.1, -0.05) is 48.5 Å². The molecule has 148 valence electrons. The second-order valence-corrected chi connectivity index (χ2v) is 7.32. The fourth-order valence-electron chi connectivity index (χ4n) is 4.12. The zero-order valence-corrected chi connectivity index (χ0v) is 16.2. The van der Waals surface area contributed by atoms with Gasteiger partial charge in [0.15, 0.2) is 0 Å². The number of aromatic nitrogens is 2. The lowest BCUT2D eigenvalue weighted by Gasteiger charge is -2.29. The topological polar surface area (TPSA) is 75.4 Å². The number of carboxylic acid groups (broad SMARTS) is 1. The highest BCUT2D eigenvalue weighted by molar-refractivity contribution is 6.06. The van der Waals surface area contributed by atoms with Crippen molar-refractivity contribution in [3.63, 3.8) is 0 Å². The summed E-state index contributed by atoms with van der Waals surface area (Å²) in [5.74, 6) is -1.12. The fraction of sp³-hybridized carbons (Fsp3) is 0.125. The van der Waals surface area contributed by atoms with Crippen LogP contribution in [0.15, 0.2) is 72.9 Å². The van der Waals surface area contributed by atoms with Gasteiger partial charge < -0.3 is 14.6 Å². The number of carboxylic acids is 1. The molecule has 1 aliphatic rings. The zero-order chi connectivity index (χ0) is 20.7. The van der Waals surface area contributed by atoms with Crippen molar-refractivity contribution < 1.29 is 14.7 Å². The van der Waals surface area contributed by atoms with Gasteiger partial charge in [-0.3, -0.25) is 4.79 Å². The van der Waals surface area contributed by atoms with Crippen molar-refractivity contribution in [2.45, 2.75) is 13.1 Å². The van der Waals surface area contributed by atoms with Crippen LogP contribution in [-0.4, -0.2) is 38.0 Å². The number of pyridine rings is 1. The Bertz CT molecular complexity index is 1280. The van der Waals surface area contributed by atoms with Crippen LogP contribution in [0.3, 0.4) is 0 Å². The Labute approximate surface area is 173 Å². The summed E-state index contributed by atoms with van der Waals surface area (Å²) in [6.45, 7) is 1.38. The van der Waals surface area contributed by atoms with Crippen LogP contribution in [0.4, 0.5) is 0 Å². The maximum absolute atomic E-state index is 13.0. The molecule has 1 aliphatic heterocycles. The van der Waals surface area contributed by atoms with Gasteiger partial charge in [-0.2, -0.15) is 0 Å². The maximum Gasteiger partial charge on any atom is 0.336 e. The summed E-state index contributed by atoms with van der Waals surface area (Å²) in [6.07, 6.45) is 1.89. The predicted octanol–water partition coefficient (Wildman–Crippen LogP) is 4.06. The van der Waals surface area contributed by atoms with Gasteiger partial charge in [0, 0.05) is 42.3 Å². The Morgan fingerprint density at radius 2 is 1.73 bits per heavy atom. The third-order valence-electron chi connectivity index (χ3n) is 5.55. The maximum atomic E-state index is 13.0. The highest BCUT2D eigenvalue weighted by atomic mass is 16.4. The van der Waals surface area contributed by atoms with Gasteiger partial charge in [0.1, 0.15) is 5.69 Å². The molecule has 4 aromatic rings. The minimum absolute atomic E-state index is 0.102. The first-order chi connectivity index (χ1) is 14.6. The molecule has 0 radical (unpaired) electrons. The first-order valence-electron chi connectivity index (χ1n) is 9.78. The number of carbonyl (C=O) groups excluding carboxylic acids is 1. The van der Waals surface area contributed by atoms with Crippen molar-refractivity contribution >= 4 is 22.8 Å². The molecule has 0 bridgehead atoms. The van der Waals surface area contributed by atoms with Crippen LogP contribution in [0.25, 0.3) is 22.2 Å². The van der Waals surface area contributed by atoms with Crippen LogP contribution in [0.1, 0.15) is 26.4 Å². The SMILES string of the molecule is O=C(O)c1c(CN2CCn3cccc3C2=O)c(-c2ccccc2)nc2ccccc12. The van der Waals surface area contributed by atoms with Crippen molar-refractivity contribution in [1.29, 1.82) is 0 Å². The van der Waals surface area contributed by atoms with Crippen LogP contribution in [0.2, 0.25) is 0 Å². The van der Waals surface area contributed by atoms with E-state index < -0.39 is 5.97 Å². The van der Waals surface area contributed by atoms with E-state index in [0.29, 0.717) is 40.9 Å². The van der Waals surface area contributed by atoms with E-state index in [2.05, 4.69) is 0 Å². The molecular weight excluding hydrogens is 378 g/mol. The van der Waals surface area contributed by atoms with E-state index in [9.17, 15) is 14.7 Å². The lowest BCUT2D eigenvalue weighted by atomic mass is 9.96. The molecule has 0 aliphatic carbocycles. The number of hydrogen-bond donors (Lipinski definition) is 1. The first-order valence-corrected chi connectivity index (χ1v) is 9.78. The molecule has 1 amide bonds. The Balaban J connectivity index is 1.71. The normalized spacial score (nSPS) is 13.5. The molecule has 0 saturated heterocycles. The van der Waals surface area contributed by atoms with E-state index in [1.165, 1.54) is 0 Å². The smallest absolute Gasteiger partial charge is 0.336 e. The van der Waals surface area contributed by atoms with Crippen molar-refractivity contribution in [2.75, 3.05) is 6.54 Å². The monoisotopic (exact) mass is 397 g/mol. The Kier molecular flexibility index (Phi) is 4.32. The molecule has 30 heavy (non-hydrogen) atoms. The first kappa shape index (κ1) is 18.1. The third kappa shape index (κ3) is 2.93. The van der Waals surface area contributed by atoms with Crippen LogP contribution < -0.4 is 0 Å². The minimum atomic E-state index is -1.02. The van der Waals surface area contributed by atoms with Crippen molar-refractivity contribution in [1.82, 2.24) is 14.5 Å². The van der Waals surface area contributed by atoms with Gasteiger partial charge >= 0.3 is 5.97 Å². The van der Waals surface area contributed by atoms with Crippen molar-refractivity contribution in [3.8, 4) is 11.3 Å². The zero-order valence-electron chi connectivity index (χ0n) is 16.2. The lowest BCUT2D eigenvalue weighted by molar-refractivity contribution is 0.0665. The summed E-state index contributed by atoms with van der Waals surface area (Å²) in [6, 6.07) is 20.4. The molecule has 2 aromatic carbocycles. The molecule has 5 rings (SSSR count). The van der Waals surface area contributed by atoms with Crippen LogP contribution in [0, 0.1) is 0 Å². The van der Waals surface area contributed by atoms with Crippen LogP contribution in [0.5, 0.6) is 0 Å². The van der Waals surface area contributed by atoms with Gasteiger partial charge in [0.25, 0.3) is 5.91 Å². The van der Waals surface area contributed by atoms with Gasteiger partial charge in [-0.05, 0) is 18.2 Å². The van der Waals surface area contributed by atoms with E-state index in [1.54, 1.807) is 23.1 Å². The van der Waals surface area contributed by atoms with E-state index >= 15 is 0 Å². The summed E-state index contributed by atoms with van der Waals surface area (Å²) in [5.41, 5.74) is 3.42. The number of carbonyl (C=O) groups is 2. The fourth-order valence-corrected chi connectivity index (χ4v) is 4.12. The largest absolute Gasteiger partial charge is 0.478 e. The molecule has 0 saturated carbocycles. The number of para-hydroxylation sites is 1. The van der Waals surface area contributed by atoms with E-state index in [4.69, 9.17) is 4.98 Å². The summed E-state index contributed by atoms with van der Waals surface area (Å²) in [5, 5.41) is 10.7. The Morgan fingerprint density at radius 1 is 0.967 bits per heavy atom. The summed E-state index contributed by atoms with van der Waals surface area (Å²) < 4.78 is 1.92. The molecular formula is C24H19N3O3. The standard InChI is InChI=1S/C24H19N3O3/c28-23-20-11-6-12-26(20)13-14-27(23)15-18-21(24(29)30)17-9-4-5-10-19(17)25-22(18)16-7-2-1-3-8-16/h1-12H,13-15H2,(H,29,30). The molecule has 2 aromatic heterocycles. The van der Waals surface area contributed by atoms with Gasteiger partial charge in [0.05, 0.1) is 16.8 Å². The number of fused-ring (bicyclic) bond motifs is 2. The molecule has 3 heterocycles. The van der Waals surface area contributed by atoms with E-state index in [0.717, 1.165) is 5.56 Å². The molecule has 0 unspecified atom stereocenters. The lowest BCUT2D eigenvalue weighted by Crippen LogP contribution is -2.39. The highest BCUT2D eigenvalue weighted by Crippen LogP contribution is 2.32. The molecule has 6 nitrogen and oxygen atoms in total. The number of benzene rings is 2. The summed E-state index contributed by atoms with van der Waals surface area (Å²) in [7, 11) is 0. The van der Waals surface area contributed by atoms with Crippen molar-refractivity contribution in [3.05, 3.63) is 89.7 Å². The summed E-state index contributed by atoms with van der Waals surface area (Å²) >= 11 is 0. The second kappa shape index (κ2) is 7.15. The van der Waals surface area contributed by atoms with E-state index in [-0.39, 0.29) is 18.0 Å². The quantitative estimate of drug-likeness (QED) is 0.564. The Morgan fingerprint density at radius 3 is 2.53 bits per heavy atom. The van der Waals surface area contributed by atoms with E-state index in [1.807, 2.05) is 59.3 Å². The minimum Gasteiger partial charge on any atom is -0.478 e. The average molecular weight is 397 g/mol. The second-order valence-electron chi connectivity index (χ2n) is 7.32. The number of rotatable bonds is 4. The molecule has 6 heteroatoms. The number of hydrogen-bond acceptors (Lipinski definition) is 3. The van der Waals surface area contributed by atoms with Crippen molar-refractivity contribution in [2.24, 2.45) is 0 Å². The Hall–Kier alpha value is -3.93. The number of nitrogens with zero attached hydrogens (tertiary/aromatic N) is 3. The molecule has 0 atom stereocenters. The average Bonchev–Trinajstić information content (AvgIpc) is 3.25. The van der Waals surface area contributed by atoms with Crippen LogP contribution >= 0.6 is 0 Å². The van der Waals surface area contributed by atoms with Gasteiger partial charge in [0.2, 0.25) is 0 Å². The van der Waals surface area contributed by atoms with Crippen LogP contribution in [-0.2, 0) is 13.1 Å². The van der Waals surface area contributed by atoms with Gasteiger partial charge in [-0.25, -0.2) is 9.78 Å². The number of amides is 1. The third-order valence-corrected chi connectivity index (χ3v) is 5.55. The highest BCUT2D eigenvalue weighted by Gasteiger charge is 2.28.